The van der Waals surface area contributed by atoms with Gasteiger partial charge in [-0.05, 0) is 36.8 Å². The lowest BCUT2D eigenvalue weighted by molar-refractivity contribution is -0.136. The number of hydrogen-bond acceptors (Lipinski definition) is 4. The molecule has 2 atom stereocenters. The van der Waals surface area contributed by atoms with Crippen molar-refractivity contribution in [3.05, 3.63) is 22.4 Å². The molecule has 1 aromatic heterocycles. The molecule has 3 rings (SSSR count). The summed E-state index contributed by atoms with van der Waals surface area (Å²) in [6.07, 6.45) is 2.19. The van der Waals surface area contributed by atoms with Crippen molar-refractivity contribution >= 4 is 17.2 Å². The van der Waals surface area contributed by atoms with E-state index in [1.807, 2.05) is 11.3 Å². The molecule has 2 saturated heterocycles. The highest BCUT2D eigenvalue weighted by atomic mass is 32.1. The number of amides is 1. The van der Waals surface area contributed by atoms with Crippen molar-refractivity contribution in [2.75, 3.05) is 32.7 Å². The van der Waals surface area contributed by atoms with Gasteiger partial charge in [0.05, 0.1) is 6.04 Å². The zero-order valence-corrected chi connectivity index (χ0v) is 13.6. The van der Waals surface area contributed by atoms with E-state index in [0.29, 0.717) is 11.8 Å². The van der Waals surface area contributed by atoms with E-state index in [1.165, 1.54) is 11.3 Å². The quantitative estimate of drug-likeness (QED) is 0.924. The fourth-order valence-electron chi connectivity index (χ4n) is 3.27. The Morgan fingerprint density at radius 1 is 1.38 bits per heavy atom. The van der Waals surface area contributed by atoms with Gasteiger partial charge in [0.2, 0.25) is 5.91 Å². The molecule has 0 saturated carbocycles. The topological polar surface area (TPSA) is 35.6 Å². The monoisotopic (exact) mass is 307 g/mol. The van der Waals surface area contributed by atoms with Crippen LogP contribution >= 0.6 is 11.3 Å². The number of nitrogens with zero attached hydrogens (tertiary/aromatic N) is 2. The van der Waals surface area contributed by atoms with E-state index < -0.39 is 0 Å². The Bertz CT molecular complexity index is 454. The summed E-state index contributed by atoms with van der Waals surface area (Å²) in [5, 5.41) is 5.52. The number of rotatable bonds is 3. The van der Waals surface area contributed by atoms with Crippen LogP contribution in [-0.4, -0.2) is 54.5 Å². The van der Waals surface area contributed by atoms with Gasteiger partial charge in [-0.2, -0.15) is 0 Å². The number of nitrogens with one attached hydrogen (secondary N) is 1. The average Bonchev–Trinajstić information content (AvgIpc) is 3.00. The van der Waals surface area contributed by atoms with Gasteiger partial charge in [-0.25, -0.2) is 0 Å². The summed E-state index contributed by atoms with van der Waals surface area (Å²) in [6.45, 7) is 7.99. The minimum Gasteiger partial charge on any atom is -0.339 e. The lowest BCUT2D eigenvalue weighted by Crippen LogP contribution is -2.55. The van der Waals surface area contributed by atoms with E-state index in [4.69, 9.17) is 0 Å². The number of piperidine rings is 1. The van der Waals surface area contributed by atoms with Gasteiger partial charge < -0.3 is 10.2 Å². The molecular formula is C16H25N3OS. The van der Waals surface area contributed by atoms with E-state index in [1.54, 1.807) is 0 Å². The molecular weight excluding hydrogens is 282 g/mol. The first-order valence-electron chi connectivity index (χ1n) is 7.99. The first-order valence-corrected chi connectivity index (χ1v) is 8.87. The number of hydrogen-bond donors (Lipinski definition) is 1. The molecule has 2 aliphatic heterocycles. The average molecular weight is 307 g/mol. The molecule has 0 bridgehead atoms. The molecule has 116 valence electrons. The van der Waals surface area contributed by atoms with Gasteiger partial charge in [-0.3, -0.25) is 9.69 Å². The van der Waals surface area contributed by atoms with E-state index >= 15 is 0 Å². The molecule has 1 N–H and O–H groups in total. The Morgan fingerprint density at radius 2 is 2.19 bits per heavy atom. The SMILES string of the molecule is CC1CCNC(C(=O)N2CCN(Cc3cccs3)CC2)C1. The zero-order chi connectivity index (χ0) is 14.7. The molecule has 1 amide bonds. The van der Waals surface area contributed by atoms with E-state index in [0.717, 1.165) is 45.7 Å². The molecule has 0 radical (unpaired) electrons. The van der Waals surface area contributed by atoms with Gasteiger partial charge in [-0.15, -0.1) is 11.3 Å². The second-order valence-corrected chi connectivity index (χ2v) is 7.35. The summed E-state index contributed by atoms with van der Waals surface area (Å²) in [6, 6.07) is 4.35. The van der Waals surface area contributed by atoms with Gasteiger partial charge in [0.25, 0.3) is 0 Å². The van der Waals surface area contributed by atoms with Crippen molar-refractivity contribution in [1.82, 2.24) is 15.1 Å². The maximum atomic E-state index is 12.6. The maximum Gasteiger partial charge on any atom is 0.239 e. The molecule has 2 unspecified atom stereocenters. The van der Waals surface area contributed by atoms with Gasteiger partial charge in [0.15, 0.2) is 0 Å². The number of thiophene rings is 1. The van der Waals surface area contributed by atoms with Gasteiger partial charge in [-0.1, -0.05) is 13.0 Å². The Labute approximate surface area is 131 Å². The van der Waals surface area contributed by atoms with Gasteiger partial charge in [0.1, 0.15) is 0 Å². The van der Waals surface area contributed by atoms with Gasteiger partial charge >= 0.3 is 0 Å². The summed E-state index contributed by atoms with van der Waals surface area (Å²) in [5.74, 6) is 0.984. The van der Waals surface area contributed by atoms with Crippen molar-refractivity contribution in [2.24, 2.45) is 5.92 Å². The second kappa shape index (κ2) is 6.90. The third-order valence-electron chi connectivity index (χ3n) is 4.61. The predicted molar refractivity (Wildman–Crippen MR) is 86.4 cm³/mol. The van der Waals surface area contributed by atoms with Crippen LogP contribution in [0.25, 0.3) is 0 Å². The van der Waals surface area contributed by atoms with Crippen LogP contribution in [0.2, 0.25) is 0 Å². The Morgan fingerprint density at radius 3 is 2.86 bits per heavy atom. The van der Waals surface area contributed by atoms with E-state index in [9.17, 15) is 4.79 Å². The standard InChI is InChI=1S/C16H25N3OS/c1-13-4-5-17-15(11-13)16(20)19-8-6-18(7-9-19)12-14-3-2-10-21-14/h2-3,10,13,15,17H,4-9,11-12H2,1H3. The van der Waals surface area contributed by atoms with E-state index in [2.05, 4.69) is 39.6 Å². The smallest absolute Gasteiger partial charge is 0.239 e. The third-order valence-corrected chi connectivity index (χ3v) is 5.47. The molecule has 21 heavy (non-hydrogen) atoms. The number of piperazine rings is 1. The van der Waals surface area contributed by atoms with Crippen LogP contribution in [0.3, 0.4) is 0 Å². The summed E-state index contributed by atoms with van der Waals surface area (Å²) in [7, 11) is 0. The fourth-order valence-corrected chi connectivity index (χ4v) is 4.01. The molecule has 2 fully saturated rings. The molecule has 0 aromatic carbocycles. The maximum absolute atomic E-state index is 12.6. The van der Waals surface area contributed by atoms with Crippen LogP contribution in [0.1, 0.15) is 24.6 Å². The van der Waals surface area contributed by atoms with Crippen molar-refractivity contribution in [2.45, 2.75) is 32.4 Å². The summed E-state index contributed by atoms with van der Waals surface area (Å²) in [5.41, 5.74) is 0. The van der Waals surface area contributed by atoms with Crippen molar-refractivity contribution in [3.63, 3.8) is 0 Å². The molecule has 2 aliphatic rings. The largest absolute Gasteiger partial charge is 0.339 e. The number of carbonyl (C=O) groups excluding carboxylic acids is 1. The summed E-state index contributed by atoms with van der Waals surface area (Å²) < 4.78 is 0. The lowest BCUT2D eigenvalue weighted by atomic mass is 9.93. The van der Waals surface area contributed by atoms with E-state index in [-0.39, 0.29) is 6.04 Å². The van der Waals surface area contributed by atoms with Crippen molar-refractivity contribution in [3.8, 4) is 0 Å². The lowest BCUT2D eigenvalue weighted by Gasteiger charge is -2.38. The Kier molecular flexibility index (Phi) is 4.93. The zero-order valence-electron chi connectivity index (χ0n) is 12.8. The van der Waals surface area contributed by atoms with Crippen LogP contribution in [0.15, 0.2) is 17.5 Å². The molecule has 1 aromatic rings. The van der Waals surface area contributed by atoms with Crippen LogP contribution < -0.4 is 5.32 Å². The van der Waals surface area contributed by atoms with Crippen molar-refractivity contribution in [1.29, 1.82) is 0 Å². The Balaban J connectivity index is 1.47. The first-order chi connectivity index (χ1) is 10.2. The van der Waals surface area contributed by atoms with Crippen molar-refractivity contribution < 1.29 is 4.79 Å². The van der Waals surface area contributed by atoms with Crippen LogP contribution in [0, 0.1) is 5.92 Å². The van der Waals surface area contributed by atoms with Gasteiger partial charge in [0, 0.05) is 37.6 Å². The molecule has 5 heteroatoms. The third kappa shape index (κ3) is 3.84. The molecule has 0 spiro atoms. The summed E-state index contributed by atoms with van der Waals surface area (Å²) in [4.78, 5) is 18.5. The molecule has 3 heterocycles. The Hall–Kier alpha value is -0.910. The minimum absolute atomic E-state index is 0.0533. The molecule has 0 aliphatic carbocycles. The van der Waals surface area contributed by atoms with Crippen LogP contribution in [0.4, 0.5) is 0 Å². The minimum atomic E-state index is 0.0533. The summed E-state index contributed by atoms with van der Waals surface area (Å²) >= 11 is 1.81. The number of carbonyl (C=O) groups is 1. The first kappa shape index (κ1) is 15.0. The molecule has 4 nitrogen and oxygen atoms in total. The highest BCUT2D eigenvalue weighted by Crippen LogP contribution is 2.18. The van der Waals surface area contributed by atoms with Crippen LogP contribution in [-0.2, 0) is 11.3 Å². The predicted octanol–water partition coefficient (Wildman–Crippen LogP) is 1.78. The van der Waals surface area contributed by atoms with Crippen LogP contribution in [0.5, 0.6) is 0 Å². The highest BCUT2D eigenvalue weighted by molar-refractivity contribution is 7.09. The second-order valence-electron chi connectivity index (χ2n) is 6.32. The fraction of sp³-hybridized carbons (Fsp3) is 0.688. The normalized spacial score (nSPS) is 27.8. The highest BCUT2D eigenvalue weighted by Gasteiger charge is 2.30.